The van der Waals surface area contributed by atoms with Gasteiger partial charge in [-0.3, -0.25) is 4.79 Å². The van der Waals surface area contributed by atoms with Gasteiger partial charge >= 0.3 is 0 Å². The van der Waals surface area contributed by atoms with Gasteiger partial charge in [0.2, 0.25) is 6.10 Å². The number of amides is 1. The number of benzene rings is 2. The summed E-state index contributed by atoms with van der Waals surface area (Å²) in [7, 11) is 1.53. The average Bonchev–Trinajstić information content (AvgIpc) is 3.06. The van der Waals surface area contributed by atoms with Crippen LogP contribution in [0.4, 0.5) is 5.69 Å². The maximum atomic E-state index is 12.4. The van der Waals surface area contributed by atoms with Gasteiger partial charge in [0.15, 0.2) is 0 Å². The Balaban J connectivity index is 1.68. The molecule has 1 aliphatic heterocycles. The highest BCUT2D eigenvalue weighted by Crippen LogP contribution is 2.28. The number of carbonyl (C=O) groups is 1. The zero-order valence-corrected chi connectivity index (χ0v) is 13.2. The maximum absolute atomic E-state index is 12.4. The quantitative estimate of drug-likeness (QED) is 0.933. The zero-order valence-electron chi connectivity index (χ0n) is 12.5. The molecule has 0 unspecified atom stereocenters. The second kappa shape index (κ2) is 6.71. The van der Waals surface area contributed by atoms with Crippen molar-refractivity contribution >= 4 is 28.9 Å². The molecule has 0 aliphatic carbocycles. The molecule has 5 nitrogen and oxygen atoms in total. The van der Waals surface area contributed by atoms with Gasteiger partial charge in [-0.25, -0.2) is 0 Å². The van der Waals surface area contributed by atoms with Gasteiger partial charge in [-0.15, -0.1) is 0 Å². The van der Waals surface area contributed by atoms with Crippen LogP contribution >= 0.6 is 11.6 Å². The highest BCUT2D eigenvalue weighted by atomic mass is 35.5. The molecule has 2 aromatic rings. The van der Waals surface area contributed by atoms with Gasteiger partial charge < -0.3 is 14.9 Å². The van der Waals surface area contributed by atoms with Crippen LogP contribution in [0.2, 0.25) is 5.02 Å². The predicted molar refractivity (Wildman–Crippen MR) is 89.1 cm³/mol. The molecular formula is C17H15ClN2O3. The molecule has 1 N–H and O–H groups in total. The molecule has 1 aliphatic rings. The van der Waals surface area contributed by atoms with Crippen LogP contribution < -0.4 is 10.1 Å². The fourth-order valence-corrected chi connectivity index (χ4v) is 2.48. The van der Waals surface area contributed by atoms with E-state index in [4.69, 9.17) is 21.2 Å². The van der Waals surface area contributed by atoms with E-state index >= 15 is 0 Å². The zero-order chi connectivity index (χ0) is 16.2. The first-order valence-electron chi connectivity index (χ1n) is 7.10. The lowest BCUT2D eigenvalue weighted by molar-refractivity contribution is -0.125. The number of rotatable bonds is 4. The van der Waals surface area contributed by atoms with Crippen molar-refractivity contribution in [3.63, 3.8) is 0 Å². The average molecular weight is 331 g/mol. The molecule has 3 rings (SSSR count). The summed E-state index contributed by atoms with van der Waals surface area (Å²) in [6.45, 7) is 0. The molecule has 0 saturated heterocycles. The van der Waals surface area contributed by atoms with E-state index in [-0.39, 0.29) is 5.91 Å². The van der Waals surface area contributed by atoms with Crippen molar-refractivity contribution < 1.29 is 14.4 Å². The van der Waals surface area contributed by atoms with E-state index in [2.05, 4.69) is 10.5 Å². The van der Waals surface area contributed by atoms with E-state index in [0.29, 0.717) is 22.9 Å². The van der Waals surface area contributed by atoms with Crippen LogP contribution in [0.1, 0.15) is 12.0 Å². The van der Waals surface area contributed by atoms with E-state index in [1.165, 1.54) is 7.11 Å². The number of hydrogen-bond donors (Lipinski definition) is 1. The second-order valence-electron chi connectivity index (χ2n) is 5.04. The Bertz CT molecular complexity index is 747. The second-order valence-corrected chi connectivity index (χ2v) is 5.47. The summed E-state index contributed by atoms with van der Waals surface area (Å²) >= 11 is 5.96. The summed E-state index contributed by atoms with van der Waals surface area (Å²) in [6, 6.07) is 14.6. The minimum Gasteiger partial charge on any atom is -0.495 e. The Hall–Kier alpha value is -2.53. The van der Waals surface area contributed by atoms with Crippen LogP contribution in [0.15, 0.2) is 53.7 Å². The lowest BCUT2D eigenvalue weighted by Crippen LogP contribution is -2.28. The number of hydrogen-bond acceptors (Lipinski definition) is 4. The first-order valence-corrected chi connectivity index (χ1v) is 7.47. The van der Waals surface area contributed by atoms with E-state index in [1.54, 1.807) is 18.2 Å². The smallest absolute Gasteiger partial charge is 0.268 e. The Labute approximate surface area is 138 Å². The first-order chi connectivity index (χ1) is 11.2. The molecule has 23 heavy (non-hydrogen) atoms. The van der Waals surface area contributed by atoms with Crippen molar-refractivity contribution in [3.05, 3.63) is 59.1 Å². The number of ether oxygens (including phenoxy) is 1. The van der Waals surface area contributed by atoms with Crippen LogP contribution in [0.3, 0.4) is 0 Å². The number of anilines is 1. The molecule has 2 aromatic carbocycles. The molecule has 1 amide bonds. The molecular weight excluding hydrogens is 316 g/mol. The minimum absolute atomic E-state index is 0.291. The fraction of sp³-hybridized carbons (Fsp3) is 0.176. The van der Waals surface area contributed by atoms with Crippen LogP contribution in [0, 0.1) is 0 Å². The standard InChI is InChI=1S/C17H15ClN2O3/c1-22-15-8-7-12(18)9-14(15)19-17(21)16-10-13(20-23-16)11-5-3-2-4-6-11/h2-9,16H,10H2,1H3,(H,19,21)/t16-/m0/s1. The molecule has 0 aromatic heterocycles. The lowest BCUT2D eigenvalue weighted by Gasteiger charge is -2.12. The van der Waals surface area contributed by atoms with Crippen LogP contribution in [-0.4, -0.2) is 24.8 Å². The van der Waals surface area contributed by atoms with Crippen LogP contribution in [0.25, 0.3) is 0 Å². The highest BCUT2D eigenvalue weighted by molar-refractivity contribution is 6.31. The minimum atomic E-state index is -0.672. The van der Waals surface area contributed by atoms with E-state index in [0.717, 1.165) is 11.3 Å². The van der Waals surface area contributed by atoms with Gasteiger partial charge in [0.1, 0.15) is 5.75 Å². The van der Waals surface area contributed by atoms with Gasteiger partial charge in [-0.2, -0.15) is 0 Å². The van der Waals surface area contributed by atoms with Crippen molar-refractivity contribution in [3.8, 4) is 5.75 Å². The molecule has 118 valence electrons. The number of oxime groups is 1. The third kappa shape index (κ3) is 3.46. The van der Waals surface area contributed by atoms with E-state index < -0.39 is 6.10 Å². The van der Waals surface area contributed by atoms with Gasteiger partial charge in [-0.1, -0.05) is 47.1 Å². The predicted octanol–water partition coefficient (Wildman–Crippen LogP) is 3.48. The van der Waals surface area contributed by atoms with E-state index in [1.807, 2.05) is 30.3 Å². The van der Waals surface area contributed by atoms with Crippen molar-refractivity contribution in [1.82, 2.24) is 0 Å². The molecule has 0 fully saturated rings. The van der Waals surface area contributed by atoms with Crippen molar-refractivity contribution in [2.45, 2.75) is 12.5 Å². The number of nitrogens with zero attached hydrogens (tertiary/aromatic N) is 1. The van der Waals surface area contributed by atoms with Gasteiger partial charge in [0.05, 0.1) is 18.5 Å². The van der Waals surface area contributed by atoms with Crippen molar-refractivity contribution in [1.29, 1.82) is 0 Å². The SMILES string of the molecule is COc1ccc(Cl)cc1NC(=O)[C@@H]1CC(c2ccccc2)=NO1. The monoisotopic (exact) mass is 330 g/mol. The Morgan fingerprint density at radius 2 is 2.09 bits per heavy atom. The van der Waals surface area contributed by atoms with Gasteiger partial charge in [-0.05, 0) is 23.8 Å². The topological polar surface area (TPSA) is 59.9 Å². The van der Waals surface area contributed by atoms with E-state index in [9.17, 15) is 4.79 Å². The number of carbonyl (C=O) groups excluding carboxylic acids is 1. The Kier molecular flexibility index (Phi) is 4.48. The molecule has 1 heterocycles. The third-order valence-corrected chi connectivity index (χ3v) is 3.72. The van der Waals surface area contributed by atoms with Gasteiger partial charge in [0.25, 0.3) is 5.91 Å². The largest absolute Gasteiger partial charge is 0.495 e. The summed E-state index contributed by atoms with van der Waals surface area (Å²) in [4.78, 5) is 17.6. The number of methoxy groups -OCH3 is 1. The highest BCUT2D eigenvalue weighted by Gasteiger charge is 2.29. The molecule has 0 bridgehead atoms. The summed E-state index contributed by atoms with van der Waals surface area (Å²) < 4.78 is 5.21. The Morgan fingerprint density at radius 3 is 2.83 bits per heavy atom. The molecule has 0 saturated carbocycles. The molecule has 0 radical (unpaired) electrons. The van der Waals surface area contributed by atoms with Crippen molar-refractivity contribution in [2.24, 2.45) is 5.16 Å². The maximum Gasteiger partial charge on any atom is 0.268 e. The number of nitrogens with one attached hydrogen (secondary N) is 1. The summed E-state index contributed by atoms with van der Waals surface area (Å²) in [5.74, 6) is 0.241. The molecule has 0 spiro atoms. The summed E-state index contributed by atoms with van der Waals surface area (Å²) in [5, 5.41) is 7.29. The summed E-state index contributed by atoms with van der Waals surface area (Å²) in [6.07, 6.45) is -0.257. The Morgan fingerprint density at radius 1 is 1.30 bits per heavy atom. The first kappa shape index (κ1) is 15.4. The molecule has 1 atom stereocenters. The number of halogens is 1. The lowest BCUT2D eigenvalue weighted by atomic mass is 10.0. The third-order valence-electron chi connectivity index (χ3n) is 3.49. The summed E-state index contributed by atoms with van der Waals surface area (Å²) in [5.41, 5.74) is 2.20. The fourth-order valence-electron chi connectivity index (χ4n) is 2.31. The van der Waals surface area contributed by atoms with Crippen molar-refractivity contribution in [2.75, 3.05) is 12.4 Å². The normalized spacial score (nSPS) is 16.4. The van der Waals surface area contributed by atoms with Gasteiger partial charge in [0, 0.05) is 11.4 Å². The van der Waals surface area contributed by atoms with Crippen LogP contribution in [0.5, 0.6) is 5.75 Å². The molecule has 6 heteroatoms. The van der Waals surface area contributed by atoms with Crippen LogP contribution in [-0.2, 0) is 9.63 Å².